The zero-order valence-electron chi connectivity index (χ0n) is 14.7. The molecule has 0 radical (unpaired) electrons. The second-order valence-corrected chi connectivity index (χ2v) is 5.84. The summed E-state index contributed by atoms with van der Waals surface area (Å²) in [4.78, 5) is 11.0. The van der Waals surface area contributed by atoms with Crippen molar-refractivity contribution in [2.24, 2.45) is 0 Å². The van der Waals surface area contributed by atoms with Crippen molar-refractivity contribution in [3.8, 4) is 0 Å². The number of ether oxygens (including phenoxy) is 1. The maximum atomic E-state index is 11.0. The molecule has 24 heavy (non-hydrogen) atoms. The fraction of sp³-hybridized carbons (Fsp3) is 0.476. The minimum Gasteiger partial charge on any atom is -0.469 e. The van der Waals surface area contributed by atoms with Crippen molar-refractivity contribution in [1.29, 1.82) is 0 Å². The van der Waals surface area contributed by atoms with E-state index in [4.69, 9.17) is 5.11 Å². The number of unbranched alkanes of at least 4 members (excludes halogenated alkanes) is 5. The average molecular weight is 330 g/mol. The predicted octanol–water partition coefficient (Wildman–Crippen LogP) is 4.91. The Bertz CT molecular complexity index is 503. The third-order valence-corrected chi connectivity index (χ3v) is 3.97. The Hall–Kier alpha value is -1.87. The summed E-state index contributed by atoms with van der Waals surface area (Å²) in [7, 11) is 1.44. The van der Waals surface area contributed by atoms with Crippen molar-refractivity contribution in [1.82, 2.24) is 0 Å². The molecular weight excluding hydrogens is 300 g/mol. The lowest BCUT2D eigenvalue weighted by Crippen LogP contribution is -1.98. The quantitative estimate of drug-likeness (QED) is 0.336. The molecule has 0 atom stereocenters. The summed E-state index contributed by atoms with van der Waals surface area (Å²) in [6.45, 7) is 0.0731. The minimum atomic E-state index is -0.108. The fourth-order valence-electron chi connectivity index (χ4n) is 2.57. The van der Waals surface area contributed by atoms with Gasteiger partial charge >= 0.3 is 5.97 Å². The molecule has 132 valence electrons. The first-order chi connectivity index (χ1) is 11.8. The summed E-state index contributed by atoms with van der Waals surface area (Å²) in [6, 6.07) is 10.2. The van der Waals surface area contributed by atoms with Gasteiger partial charge in [0.25, 0.3) is 0 Å². The van der Waals surface area contributed by atoms with Crippen molar-refractivity contribution in [3.63, 3.8) is 0 Å². The highest BCUT2D eigenvalue weighted by molar-refractivity contribution is 5.69. The molecule has 0 aromatic heterocycles. The molecule has 0 fully saturated rings. The van der Waals surface area contributed by atoms with Gasteiger partial charge in [-0.2, -0.15) is 0 Å². The SMILES string of the molecule is COC(=O)CCCCCCC/C=C/C/C(=C/CO)c1ccccc1. The third kappa shape index (κ3) is 9.31. The molecule has 0 unspecified atom stereocenters. The lowest BCUT2D eigenvalue weighted by molar-refractivity contribution is -0.140. The van der Waals surface area contributed by atoms with E-state index in [-0.39, 0.29) is 12.6 Å². The van der Waals surface area contributed by atoms with Crippen LogP contribution in [0.3, 0.4) is 0 Å². The Morgan fingerprint density at radius 2 is 1.75 bits per heavy atom. The lowest BCUT2D eigenvalue weighted by atomic mass is 10.0. The molecule has 0 heterocycles. The molecule has 0 aliphatic carbocycles. The number of aliphatic hydroxyl groups excluding tert-OH is 1. The number of hydrogen-bond donors (Lipinski definition) is 1. The van der Waals surface area contributed by atoms with E-state index in [0.717, 1.165) is 31.3 Å². The van der Waals surface area contributed by atoms with Gasteiger partial charge in [0, 0.05) is 6.42 Å². The molecular formula is C21H30O3. The van der Waals surface area contributed by atoms with E-state index in [9.17, 15) is 4.79 Å². The van der Waals surface area contributed by atoms with Crippen molar-refractivity contribution >= 4 is 11.5 Å². The number of hydrogen-bond acceptors (Lipinski definition) is 3. The van der Waals surface area contributed by atoms with Crippen LogP contribution in [0.1, 0.15) is 56.9 Å². The van der Waals surface area contributed by atoms with Gasteiger partial charge in [-0.3, -0.25) is 4.79 Å². The van der Waals surface area contributed by atoms with Crippen LogP contribution in [-0.4, -0.2) is 24.8 Å². The summed E-state index contributed by atoms with van der Waals surface area (Å²) >= 11 is 0. The van der Waals surface area contributed by atoms with Crippen LogP contribution < -0.4 is 0 Å². The Balaban J connectivity index is 2.14. The van der Waals surface area contributed by atoms with Crippen molar-refractivity contribution in [2.45, 2.75) is 51.4 Å². The van der Waals surface area contributed by atoms with Gasteiger partial charge in [-0.25, -0.2) is 0 Å². The largest absolute Gasteiger partial charge is 0.469 e. The standard InChI is InChI=1S/C21H30O3/c1-24-21(23)16-12-7-5-3-2-4-6-9-15-20(17-18-22)19-13-10-8-11-14-19/h6,8-11,13-14,17,22H,2-5,7,12,15-16,18H2,1H3/b9-6+,20-17-. The van der Waals surface area contributed by atoms with Crippen LogP contribution in [-0.2, 0) is 9.53 Å². The number of aliphatic hydroxyl groups is 1. The topological polar surface area (TPSA) is 46.5 Å². The number of esters is 1. The molecule has 0 saturated carbocycles. The number of allylic oxidation sites excluding steroid dienone is 3. The normalized spacial score (nSPS) is 11.8. The third-order valence-electron chi connectivity index (χ3n) is 3.97. The summed E-state index contributed by atoms with van der Waals surface area (Å²) in [5.74, 6) is -0.108. The van der Waals surface area contributed by atoms with Crippen molar-refractivity contribution in [2.75, 3.05) is 13.7 Å². The molecule has 1 N–H and O–H groups in total. The smallest absolute Gasteiger partial charge is 0.305 e. The number of carbonyl (C=O) groups excluding carboxylic acids is 1. The Kier molecular flexibility index (Phi) is 11.4. The molecule has 1 aromatic rings. The number of methoxy groups -OCH3 is 1. The molecule has 0 aliphatic rings. The molecule has 1 aromatic carbocycles. The zero-order chi connectivity index (χ0) is 17.5. The van der Waals surface area contributed by atoms with Crippen LogP contribution in [0.4, 0.5) is 0 Å². The Morgan fingerprint density at radius 3 is 2.46 bits per heavy atom. The van der Waals surface area contributed by atoms with Crippen LogP contribution >= 0.6 is 0 Å². The van der Waals surface area contributed by atoms with Crippen LogP contribution in [0.25, 0.3) is 5.57 Å². The van der Waals surface area contributed by atoms with E-state index in [2.05, 4.69) is 29.0 Å². The van der Waals surface area contributed by atoms with E-state index >= 15 is 0 Å². The number of carbonyl (C=O) groups is 1. The highest BCUT2D eigenvalue weighted by Crippen LogP contribution is 2.18. The number of benzene rings is 1. The second-order valence-electron chi connectivity index (χ2n) is 5.84. The molecule has 3 nitrogen and oxygen atoms in total. The van der Waals surface area contributed by atoms with Crippen LogP contribution in [0.5, 0.6) is 0 Å². The maximum Gasteiger partial charge on any atom is 0.305 e. The van der Waals surface area contributed by atoms with Gasteiger partial charge < -0.3 is 9.84 Å². The van der Waals surface area contributed by atoms with Crippen molar-refractivity contribution < 1.29 is 14.6 Å². The van der Waals surface area contributed by atoms with Gasteiger partial charge in [0.2, 0.25) is 0 Å². The molecule has 0 saturated heterocycles. The van der Waals surface area contributed by atoms with Gasteiger partial charge in [-0.05, 0) is 36.8 Å². The first-order valence-corrected chi connectivity index (χ1v) is 8.85. The molecule has 0 bridgehead atoms. The summed E-state index contributed by atoms with van der Waals surface area (Å²) < 4.78 is 4.62. The molecule has 3 heteroatoms. The van der Waals surface area contributed by atoms with Crippen LogP contribution in [0.15, 0.2) is 48.6 Å². The van der Waals surface area contributed by atoms with Gasteiger partial charge in [-0.15, -0.1) is 0 Å². The second kappa shape index (κ2) is 13.6. The minimum absolute atomic E-state index is 0.0731. The van der Waals surface area contributed by atoms with E-state index in [1.54, 1.807) is 0 Å². The lowest BCUT2D eigenvalue weighted by Gasteiger charge is -2.04. The first kappa shape index (κ1) is 20.2. The van der Waals surface area contributed by atoms with Crippen LogP contribution in [0.2, 0.25) is 0 Å². The van der Waals surface area contributed by atoms with E-state index < -0.39 is 0 Å². The Morgan fingerprint density at radius 1 is 1.04 bits per heavy atom. The molecule has 0 spiro atoms. The average Bonchev–Trinajstić information content (AvgIpc) is 2.62. The van der Waals surface area contributed by atoms with Gasteiger partial charge in [-0.1, -0.05) is 67.8 Å². The summed E-state index contributed by atoms with van der Waals surface area (Å²) in [5.41, 5.74) is 2.33. The zero-order valence-corrected chi connectivity index (χ0v) is 14.7. The van der Waals surface area contributed by atoms with E-state index in [1.165, 1.54) is 31.9 Å². The summed E-state index contributed by atoms with van der Waals surface area (Å²) in [6.07, 6.45) is 14.3. The van der Waals surface area contributed by atoms with Gasteiger partial charge in [0.1, 0.15) is 0 Å². The summed E-state index contributed by atoms with van der Waals surface area (Å²) in [5, 5.41) is 9.16. The Labute approximate surface area is 146 Å². The molecule has 1 rings (SSSR count). The molecule has 0 aliphatic heterocycles. The predicted molar refractivity (Wildman–Crippen MR) is 99.6 cm³/mol. The van der Waals surface area contributed by atoms with E-state index in [1.807, 2.05) is 24.3 Å². The van der Waals surface area contributed by atoms with Gasteiger partial charge in [0.15, 0.2) is 0 Å². The fourth-order valence-corrected chi connectivity index (χ4v) is 2.57. The highest BCUT2D eigenvalue weighted by Gasteiger charge is 1.99. The van der Waals surface area contributed by atoms with Crippen molar-refractivity contribution in [3.05, 3.63) is 54.1 Å². The van der Waals surface area contributed by atoms with Crippen LogP contribution in [0, 0.1) is 0 Å². The highest BCUT2D eigenvalue weighted by atomic mass is 16.5. The molecule has 0 amide bonds. The maximum absolute atomic E-state index is 11.0. The van der Waals surface area contributed by atoms with E-state index in [0.29, 0.717) is 6.42 Å². The van der Waals surface area contributed by atoms with Gasteiger partial charge in [0.05, 0.1) is 13.7 Å². The monoisotopic (exact) mass is 330 g/mol. The first-order valence-electron chi connectivity index (χ1n) is 8.85. The number of rotatable bonds is 12.